The van der Waals surface area contributed by atoms with E-state index in [1.807, 2.05) is 0 Å². The number of hydrogen-bond acceptors (Lipinski definition) is 5. The molecule has 1 aromatic carbocycles. The van der Waals surface area contributed by atoms with E-state index in [0.29, 0.717) is 27.9 Å². The quantitative estimate of drug-likeness (QED) is 0.532. The maximum atomic E-state index is 13.8. The van der Waals surface area contributed by atoms with Crippen LogP contribution in [0.1, 0.15) is 5.56 Å². The number of pyridine rings is 2. The summed E-state index contributed by atoms with van der Waals surface area (Å²) in [6.45, 7) is 0. The third kappa shape index (κ3) is 4.31. The van der Waals surface area contributed by atoms with Crippen LogP contribution >= 0.6 is 0 Å². The van der Waals surface area contributed by atoms with E-state index in [0.717, 1.165) is 0 Å². The van der Waals surface area contributed by atoms with Crippen LogP contribution in [0, 0.1) is 0 Å². The van der Waals surface area contributed by atoms with Crippen LogP contribution in [0.25, 0.3) is 22.3 Å². The van der Waals surface area contributed by atoms with Gasteiger partial charge in [-0.25, -0.2) is 9.97 Å². The number of fused-ring (bicyclic) bond motifs is 1. The van der Waals surface area contributed by atoms with Gasteiger partial charge >= 0.3 is 6.18 Å². The van der Waals surface area contributed by atoms with E-state index in [9.17, 15) is 13.2 Å². The first-order chi connectivity index (χ1) is 14.0. The minimum absolute atomic E-state index is 0.113. The lowest BCUT2D eigenvalue weighted by Crippen LogP contribution is -2.38. The molecule has 0 aliphatic heterocycles. The van der Waals surface area contributed by atoms with Crippen molar-refractivity contribution >= 4 is 16.7 Å². The number of nitrogens with zero attached hydrogens (tertiary/aromatic N) is 4. The zero-order chi connectivity index (χ0) is 20.3. The second-order valence-electron chi connectivity index (χ2n) is 6.45. The van der Waals surface area contributed by atoms with Gasteiger partial charge in [-0.1, -0.05) is 30.3 Å². The number of aromatic nitrogens is 4. The lowest BCUT2D eigenvalue weighted by Gasteiger charge is -2.23. The number of rotatable bonds is 5. The van der Waals surface area contributed by atoms with E-state index in [1.165, 1.54) is 12.4 Å². The molecule has 0 saturated carbocycles. The summed E-state index contributed by atoms with van der Waals surface area (Å²) in [7, 11) is 0. The van der Waals surface area contributed by atoms with E-state index in [-0.39, 0.29) is 12.2 Å². The second kappa shape index (κ2) is 7.83. The van der Waals surface area contributed by atoms with Crippen molar-refractivity contribution in [2.24, 2.45) is 0 Å². The van der Waals surface area contributed by atoms with Gasteiger partial charge in [0.2, 0.25) is 0 Å². The summed E-state index contributed by atoms with van der Waals surface area (Å²) in [6.07, 6.45) is 1.48. The van der Waals surface area contributed by atoms with Crippen LogP contribution < -0.4 is 5.32 Å². The van der Waals surface area contributed by atoms with Gasteiger partial charge in [0.05, 0.1) is 11.7 Å². The van der Waals surface area contributed by atoms with Crippen molar-refractivity contribution in [3.8, 4) is 11.4 Å². The standard InChI is InChI=1S/C21H16F3N5/c22-21(23,24)18(12-14-4-2-1-3-5-14)28-20-16-8-11-26-13-17(16)27-19(29-20)15-6-9-25-10-7-15/h1-11,13,18H,12H2,(H,27,28,29). The molecule has 0 fully saturated rings. The van der Waals surface area contributed by atoms with E-state index >= 15 is 0 Å². The van der Waals surface area contributed by atoms with E-state index in [2.05, 4.69) is 25.3 Å². The predicted molar refractivity (Wildman–Crippen MR) is 104 cm³/mol. The molecule has 5 nitrogen and oxygen atoms in total. The lowest BCUT2D eigenvalue weighted by molar-refractivity contribution is -0.142. The molecule has 3 heterocycles. The monoisotopic (exact) mass is 395 g/mol. The fourth-order valence-electron chi connectivity index (χ4n) is 2.98. The Morgan fingerprint density at radius 1 is 0.862 bits per heavy atom. The Balaban J connectivity index is 1.76. The van der Waals surface area contributed by atoms with Crippen molar-refractivity contribution in [1.29, 1.82) is 0 Å². The molecule has 1 atom stereocenters. The van der Waals surface area contributed by atoms with Gasteiger partial charge in [0, 0.05) is 36.0 Å². The van der Waals surface area contributed by atoms with Crippen LogP contribution in [0.4, 0.5) is 19.0 Å². The molecule has 4 rings (SSSR count). The third-order valence-electron chi connectivity index (χ3n) is 4.43. The van der Waals surface area contributed by atoms with Crippen LogP contribution in [0.2, 0.25) is 0 Å². The Morgan fingerprint density at radius 3 is 2.31 bits per heavy atom. The highest BCUT2D eigenvalue weighted by Crippen LogP contribution is 2.30. The predicted octanol–water partition coefficient (Wildman–Crippen LogP) is 4.67. The van der Waals surface area contributed by atoms with E-state index in [4.69, 9.17) is 0 Å². The van der Waals surface area contributed by atoms with Gasteiger partial charge in [-0.3, -0.25) is 9.97 Å². The van der Waals surface area contributed by atoms with Crippen LogP contribution in [0.5, 0.6) is 0 Å². The number of hydrogen-bond donors (Lipinski definition) is 1. The smallest absolute Gasteiger partial charge is 0.358 e. The van der Waals surface area contributed by atoms with Gasteiger partial charge in [-0.15, -0.1) is 0 Å². The number of benzene rings is 1. The van der Waals surface area contributed by atoms with Crippen molar-refractivity contribution in [3.05, 3.63) is 78.9 Å². The number of alkyl halides is 3. The fourth-order valence-corrected chi connectivity index (χ4v) is 2.98. The molecule has 0 aliphatic rings. The maximum Gasteiger partial charge on any atom is 0.408 e. The largest absolute Gasteiger partial charge is 0.408 e. The average Bonchev–Trinajstić information content (AvgIpc) is 2.74. The molecule has 3 aromatic heterocycles. The van der Waals surface area contributed by atoms with Gasteiger partial charge in [0.1, 0.15) is 11.9 Å². The number of halogens is 3. The first-order valence-electron chi connectivity index (χ1n) is 8.90. The number of anilines is 1. The molecule has 0 bridgehead atoms. The molecule has 4 aromatic rings. The minimum Gasteiger partial charge on any atom is -0.358 e. The first-order valence-corrected chi connectivity index (χ1v) is 8.90. The first kappa shape index (κ1) is 18.8. The third-order valence-corrected chi connectivity index (χ3v) is 4.43. The van der Waals surface area contributed by atoms with E-state index in [1.54, 1.807) is 60.9 Å². The summed E-state index contributed by atoms with van der Waals surface area (Å²) in [5.74, 6) is 0.415. The van der Waals surface area contributed by atoms with Crippen molar-refractivity contribution in [1.82, 2.24) is 19.9 Å². The fraction of sp³-hybridized carbons (Fsp3) is 0.143. The van der Waals surface area contributed by atoms with Crippen molar-refractivity contribution in [3.63, 3.8) is 0 Å². The SMILES string of the molecule is FC(F)(F)C(Cc1ccccc1)Nc1nc(-c2ccncc2)nc2cnccc12. The molecular weight excluding hydrogens is 379 g/mol. The zero-order valence-corrected chi connectivity index (χ0v) is 15.1. The summed E-state index contributed by atoms with van der Waals surface area (Å²) < 4.78 is 41.4. The highest BCUT2D eigenvalue weighted by Gasteiger charge is 2.40. The molecular formula is C21H16F3N5. The summed E-state index contributed by atoms with van der Waals surface area (Å²) >= 11 is 0. The Morgan fingerprint density at radius 2 is 1.59 bits per heavy atom. The van der Waals surface area contributed by atoms with Gasteiger partial charge in [0.25, 0.3) is 0 Å². The van der Waals surface area contributed by atoms with Gasteiger partial charge in [-0.2, -0.15) is 13.2 Å². The molecule has 0 spiro atoms. The normalized spacial score (nSPS) is 12.7. The molecule has 1 unspecified atom stereocenters. The topological polar surface area (TPSA) is 63.6 Å². The molecule has 146 valence electrons. The minimum atomic E-state index is -4.46. The van der Waals surface area contributed by atoms with Crippen molar-refractivity contribution in [2.75, 3.05) is 5.32 Å². The molecule has 0 saturated heterocycles. The Labute approximate surface area is 164 Å². The van der Waals surface area contributed by atoms with Crippen LogP contribution in [0.3, 0.4) is 0 Å². The Hall–Kier alpha value is -3.55. The number of nitrogens with one attached hydrogen (secondary N) is 1. The summed E-state index contributed by atoms with van der Waals surface area (Å²) in [4.78, 5) is 16.8. The summed E-state index contributed by atoms with van der Waals surface area (Å²) in [6, 6.07) is 11.7. The van der Waals surface area contributed by atoms with E-state index < -0.39 is 12.2 Å². The average molecular weight is 395 g/mol. The van der Waals surface area contributed by atoms with Crippen molar-refractivity contribution < 1.29 is 13.2 Å². The van der Waals surface area contributed by atoms with Gasteiger partial charge in [0.15, 0.2) is 5.82 Å². The Kier molecular flexibility index (Phi) is 5.07. The molecule has 0 radical (unpaired) electrons. The summed E-state index contributed by atoms with van der Waals surface area (Å²) in [5, 5.41) is 3.07. The molecule has 1 N–H and O–H groups in total. The van der Waals surface area contributed by atoms with Crippen LogP contribution in [-0.2, 0) is 6.42 Å². The highest BCUT2D eigenvalue weighted by molar-refractivity contribution is 5.90. The maximum absolute atomic E-state index is 13.8. The molecule has 0 aliphatic carbocycles. The summed E-state index contributed by atoms with van der Waals surface area (Å²) in [5.41, 5.74) is 1.69. The Bertz CT molecular complexity index is 1100. The molecule has 8 heteroatoms. The molecule has 0 amide bonds. The highest BCUT2D eigenvalue weighted by atomic mass is 19.4. The van der Waals surface area contributed by atoms with Gasteiger partial charge in [-0.05, 0) is 23.8 Å². The van der Waals surface area contributed by atoms with Crippen molar-refractivity contribution in [2.45, 2.75) is 18.6 Å². The van der Waals surface area contributed by atoms with Crippen LogP contribution in [-0.4, -0.2) is 32.2 Å². The second-order valence-corrected chi connectivity index (χ2v) is 6.45. The molecule has 29 heavy (non-hydrogen) atoms. The van der Waals surface area contributed by atoms with Crippen LogP contribution in [0.15, 0.2) is 73.3 Å². The lowest BCUT2D eigenvalue weighted by atomic mass is 10.1. The van der Waals surface area contributed by atoms with Gasteiger partial charge < -0.3 is 5.32 Å². The zero-order valence-electron chi connectivity index (χ0n) is 15.1.